The number of amides is 2. The smallest absolute Gasteiger partial charge is 0.254 e. The summed E-state index contributed by atoms with van der Waals surface area (Å²) in [5.74, 6) is 0.236. The Morgan fingerprint density at radius 3 is 2.20 bits per heavy atom. The Kier molecular flexibility index (Phi) is 8.87. The van der Waals surface area contributed by atoms with Gasteiger partial charge in [-0.25, -0.2) is 0 Å². The van der Waals surface area contributed by atoms with Crippen molar-refractivity contribution in [2.75, 3.05) is 50.7 Å². The van der Waals surface area contributed by atoms with Gasteiger partial charge in [0.1, 0.15) is 5.41 Å². The first kappa shape index (κ1) is 30.6. The van der Waals surface area contributed by atoms with E-state index in [1.807, 2.05) is 30.0 Å². The number of nitrogens with zero attached hydrogens (tertiary/aromatic N) is 3. The molecule has 0 bridgehead atoms. The van der Waals surface area contributed by atoms with Crippen molar-refractivity contribution >= 4 is 29.3 Å². The molecule has 7 rings (SSSR count). The molecule has 236 valence electrons. The maximum absolute atomic E-state index is 14.0. The maximum Gasteiger partial charge on any atom is 0.254 e. The van der Waals surface area contributed by atoms with Crippen LogP contribution in [0.15, 0.2) is 107 Å². The quantitative estimate of drug-likeness (QED) is 0.233. The number of likely N-dealkylation sites (N-methyl/N-ethyl adjacent to an activating group) is 1. The van der Waals surface area contributed by atoms with Gasteiger partial charge in [-0.3, -0.25) is 14.5 Å². The summed E-state index contributed by atoms with van der Waals surface area (Å²) in [6.45, 7) is 8.73. The van der Waals surface area contributed by atoms with Crippen LogP contribution in [0.4, 0.5) is 5.69 Å². The first-order chi connectivity index (χ1) is 22.6. The SMILES string of the molecule is CCNC(=O)C1(CCCN2CCN(c3ccc4c(c3)C(=O)N(Cc3ccccc3)CC4)CC2)c2ccccc2Sc2ccccc21. The molecule has 6 nitrogen and oxygen atoms in total. The van der Waals surface area contributed by atoms with Crippen molar-refractivity contribution in [1.82, 2.24) is 15.1 Å². The minimum absolute atomic E-state index is 0.101. The van der Waals surface area contributed by atoms with Crippen molar-refractivity contribution in [3.63, 3.8) is 0 Å². The Bertz CT molecular complexity index is 1670. The van der Waals surface area contributed by atoms with Crippen LogP contribution in [0.2, 0.25) is 0 Å². The van der Waals surface area contributed by atoms with Crippen LogP contribution in [0.1, 0.15) is 52.4 Å². The molecule has 7 heteroatoms. The number of hydrogen-bond acceptors (Lipinski definition) is 5. The number of fused-ring (bicyclic) bond motifs is 3. The lowest BCUT2D eigenvalue weighted by atomic mass is 9.70. The van der Waals surface area contributed by atoms with Crippen LogP contribution in [0.25, 0.3) is 0 Å². The van der Waals surface area contributed by atoms with Crippen LogP contribution in [0.5, 0.6) is 0 Å². The third kappa shape index (κ3) is 5.82. The van der Waals surface area contributed by atoms with E-state index in [4.69, 9.17) is 0 Å². The molecule has 2 amide bonds. The molecule has 0 saturated carbocycles. The van der Waals surface area contributed by atoms with Gasteiger partial charge in [0.25, 0.3) is 5.91 Å². The van der Waals surface area contributed by atoms with Crippen LogP contribution in [-0.2, 0) is 23.2 Å². The first-order valence-corrected chi connectivity index (χ1v) is 17.5. The summed E-state index contributed by atoms with van der Waals surface area (Å²) in [5.41, 5.74) is 5.86. The largest absolute Gasteiger partial charge is 0.369 e. The molecule has 0 aliphatic carbocycles. The summed E-state index contributed by atoms with van der Waals surface area (Å²) in [6.07, 6.45) is 2.59. The molecule has 46 heavy (non-hydrogen) atoms. The second-order valence-electron chi connectivity index (χ2n) is 12.6. The lowest BCUT2D eigenvalue weighted by Crippen LogP contribution is -2.49. The Hall–Kier alpha value is -4.07. The van der Waals surface area contributed by atoms with E-state index in [9.17, 15) is 9.59 Å². The summed E-state index contributed by atoms with van der Waals surface area (Å²) in [5, 5.41) is 3.19. The fourth-order valence-corrected chi connectivity index (χ4v) is 8.71. The number of hydrogen-bond donors (Lipinski definition) is 1. The molecule has 1 N–H and O–H groups in total. The van der Waals surface area contributed by atoms with Crippen LogP contribution in [0, 0.1) is 0 Å². The summed E-state index contributed by atoms with van der Waals surface area (Å²) in [4.78, 5) is 36.8. The number of carbonyl (C=O) groups is 2. The van der Waals surface area contributed by atoms with Crippen molar-refractivity contribution in [3.8, 4) is 0 Å². The number of carbonyl (C=O) groups excluding carboxylic acids is 2. The van der Waals surface area contributed by atoms with Crippen molar-refractivity contribution in [2.45, 2.75) is 47.9 Å². The second-order valence-corrected chi connectivity index (χ2v) is 13.7. The Balaban J connectivity index is 1.01. The predicted molar refractivity (Wildman–Crippen MR) is 186 cm³/mol. The number of piperazine rings is 1. The molecule has 0 radical (unpaired) electrons. The van der Waals surface area contributed by atoms with Gasteiger partial charge in [-0.1, -0.05) is 84.6 Å². The minimum Gasteiger partial charge on any atom is -0.369 e. The molecule has 0 unspecified atom stereocenters. The molecular weight excluding hydrogens is 589 g/mol. The maximum atomic E-state index is 14.0. The number of benzene rings is 4. The molecule has 0 atom stereocenters. The highest BCUT2D eigenvalue weighted by Gasteiger charge is 2.46. The van der Waals surface area contributed by atoms with Crippen LogP contribution >= 0.6 is 11.8 Å². The number of rotatable bonds is 9. The lowest BCUT2D eigenvalue weighted by Gasteiger charge is -2.40. The summed E-state index contributed by atoms with van der Waals surface area (Å²) >= 11 is 1.77. The highest BCUT2D eigenvalue weighted by molar-refractivity contribution is 7.99. The Labute approximate surface area is 276 Å². The summed E-state index contributed by atoms with van der Waals surface area (Å²) in [7, 11) is 0. The molecule has 3 aliphatic rings. The van der Waals surface area contributed by atoms with E-state index in [0.717, 1.165) is 86.5 Å². The third-order valence-electron chi connectivity index (χ3n) is 9.88. The van der Waals surface area contributed by atoms with E-state index in [1.54, 1.807) is 11.8 Å². The van der Waals surface area contributed by atoms with Gasteiger partial charge in [-0.05, 0) is 79.3 Å². The van der Waals surface area contributed by atoms with E-state index < -0.39 is 5.41 Å². The molecular formula is C39H42N4O2S. The fourth-order valence-electron chi connectivity index (χ4n) is 7.48. The van der Waals surface area contributed by atoms with Gasteiger partial charge < -0.3 is 15.1 Å². The molecule has 4 aromatic rings. The van der Waals surface area contributed by atoms with Crippen molar-refractivity contribution < 1.29 is 9.59 Å². The van der Waals surface area contributed by atoms with Crippen LogP contribution < -0.4 is 10.2 Å². The van der Waals surface area contributed by atoms with Crippen molar-refractivity contribution in [1.29, 1.82) is 0 Å². The molecule has 0 aromatic heterocycles. The van der Waals surface area contributed by atoms with Crippen LogP contribution in [-0.4, -0.2) is 67.4 Å². The van der Waals surface area contributed by atoms with Gasteiger partial charge in [-0.2, -0.15) is 0 Å². The summed E-state index contributed by atoms with van der Waals surface area (Å²) < 4.78 is 0. The molecule has 4 aromatic carbocycles. The Morgan fingerprint density at radius 1 is 0.826 bits per heavy atom. The average Bonchev–Trinajstić information content (AvgIpc) is 3.10. The van der Waals surface area contributed by atoms with E-state index in [0.29, 0.717) is 13.1 Å². The van der Waals surface area contributed by atoms with E-state index in [2.05, 4.69) is 94.0 Å². The minimum atomic E-state index is -0.694. The summed E-state index contributed by atoms with van der Waals surface area (Å²) in [6, 6.07) is 33.6. The Morgan fingerprint density at radius 2 is 1.50 bits per heavy atom. The first-order valence-electron chi connectivity index (χ1n) is 16.7. The molecule has 3 heterocycles. The van der Waals surface area contributed by atoms with Gasteiger partial charge in [0.2, 0.25) is 5.91 Å². The standard InChI is InChI=1S/C39H42N4O2S/c1-2-40-38(45)39(33-13-6-8-15-35(33)46-36-16-9-7-14-34(36)39)20-10-21-41-23-25-42(26-24-41)31-18-17-30-19-22-43(37(44)32(30)27-31)28-29-11-4-3-5-12-29/h3-9,11-18,27H,2,10,19-26,28H2,1H3,(H,40,45). The zero-order chi connectivity index (χ0) is 31.5. The fraction of sp³-hybridized carbons (Fsp3) is 0.333. The van der Waals surface area contributed by atoms with Gasteiger partial charge in [0.15, 0.2) is 0 Å². The van der Waals surface area contributed by atoms with Crippen molar-refractivity contribution in [2.24, 2.45) is 0 Å². The van der Waals surface area contributed by atoms with Crippen molar-refractivity contribution in [3.05, 3.63) is 125 Å². The third-order valence-corrected chi connectivity index (χ3v) is 11.0. The normalized spacial score (nSPS) is 17.2. The molecule has 1 saturated heterocycles. The van der Waals surface area contributed by atoms with E-state index in [1.165, 1.54) is 15.4 Å². The highest BCUT2D eigenvalue weighted by atomic mass is 32.2. The van der Waals surface area contributed by atoms with E-state index in [-0.39, 0.29) is 11.8 Å². The van der Waals surface area contributed by atoms with Gasteiger partial charge in [0.05, 0.1) is 0 Å². The average molecular weight is 631 g/mol. The predicted octanol–water partition coefficient (Wildman–Crippen LogP) is 6.37. The van der Waals surface area contributed by atoms with Crippen LogP contribution in [0.3, 0.4) is 0 Å². The number of nitrogens with one attached hydrogen (secondary N) is 1. The zero-order valence-electron chi connectivity index (χ0n) is 26.6. The second kappa shape index (κ2) is 13.3. The van der Waals surface area contributed by atoms with Gasteiger partial charge >= 0.3 is 0 Å². The van der Waals surface area contributed by atoms with Gasteiger partial charge in [0, 0.05) is 66.9 Å². The number of anilines is 1. The zero-order valence-corrected chi connectivity index (χ0v) is 27.4. The van der Waals surface area contributed by atoms with E-state index >= 15 is 0 Å². The molecule has 3 aliphatic heterocycles. The monoisotopic (exact) mass is 630 g/mol. The molecule has 0 spiro atoms. The lowest BCUT2D eigenvalue weighted by molar-refractivity contribution is -0.125. The topological polar surface area (TPSA) is 55.9 Å². The highest BCUT2D eigenvalue weighted by Crippen LogP contribution is 2.51. The molecule has 1 fully saturated rings. The van der Waals surface area contributed by atoms with Gasteiger partial charge in [-0.15, -0.1) is 0 Å².